The topological polar surface area (TPSA) is 85.7 Å². The maximum Gasteiger partial charge on any atom is 0.274 e. The largest absolute Gasteiger partial charge is 0.497 e. The third-order valence-corrected chi connectivity index (χ3v) is 8.16. The second-order valence-electron chi connectivity index (χ2n) is 10.8. The number of hydrogen-bond donors (Lipinski definition) is 1. The average Bonchev–Trinajstić information content (AvgIpc) is 3.35. The first kappa shape index (κ1) is 26.8. The van der Waals surface area contributed by atoms with Crippen LogP contribution < -0.4 is 14.8 Å². The molecule has 0 radical (unpaired) electrons. The van der Waals surface area contributed by atoms with Crippen molar-refractivity contribution in [1.29, 1.82) is 0 Å². The molecule has 0 aliphatic carbocycles. The first-order valence-electron chi connectivity index (χ1n) is 13.9. The summed E-state index contributed by atoms with van der Waals surface area (Å²) in [6.07, 6.45) is 5.00. The molecular weight excluding hydrogens is 492 g/mol. The van der Waals surface area contributed by atoms with E-state index in [1.165, 1.54) is 5.56 Å². The Morgan fingerprint density at radius 3 is 2.56 bits per heavy atom. The number of carbonyl (C=O) groups is 2. The molecule has 1 N–H and O–H groups in total. The van der Waals surface area contributed by atoms with Crippen LogP contribution in [0.5, 0.6) is 11.5 Å². The second-order valence-corrected chi connectivity index (χ2v) is 10.8. The van der Waals surface area contributed by atoms with E-state index < -0.39 is 5.41 Å². The lowest BCUT2D eigenvalue weighted by Crippen LogP contribution is -2.52. The van der Waals surface area contributed by atoms with E-state index >= 15 is 0 Å². The van der Waals surface area contributed by atoms with E-state index in [1.807, 2.05) is 61.3 Å². The predicted octanol–water partition coefficient (Wildman–Crippen LogP) is 4.63. The number of carbonyl (C=O) groups excluding carboxylic acids is 2. The van der Waals surface area contributed by atoms with Crippen molar-refractivity contribution in [2.75, 3.05) is 26.8 Å². The van der Waals surface area contributed by atoms with Crippen LogP contribution in [0.1, 0.15) is 55.1 Å². The number of para-hydroxylation sites is 1. The van der Waals surface area contributed by atoms with E-state index in [0.29, 0.717) is 38.2 Å². The molecule has 2 aliphatic rings. The van der Waals surface area contributed by atoms with Gasteiger partial charge < -0.3 is 19.7 Å². The highest BCUT2D eigenvalue weighted by Crippen LogP contribution is 2.38. The predicted molar refractivity (Wildman–Crippen MR) is 150 cm³/mol. The highest BCUT2D eigenvalue weighted by Gasteiger charge is 2.42. The number of likely N-dealkylation sites (tertiary alicyclic amines) is 1. The van der Waals surface area contributed by atoms with Crippen LogP contribution in [0, 0.1) is 5.41 Å². The summed E-state index contributed by atoms with van der Waals surface area (Å²) in [5, 5.41) is 7.73. The summed E-state index contributed by atoms with van der Waals surface area (Å²) >= 11 is 0. The number of rotatable bonds is 3. The van der Waals surface area contributed by atoms with E-state index in [2.05, 4.69) is 22.5 Å². The molecule has 0 unspecified atom stereocenters. The van der Waals surface area contributed by atoms with Gasteiger partial charge in [-0.3, -0.25) is 14.3 Å². The van der Waals surface area contributed by atoms with Gasteiger partial charge in [0.05, 0.1) is 24.3 Å². The highest BCUT2D eigenvalue weighted by molar-refractivity contribution is 5.94. The second kappa shape index (κ2) is 11.5. The lowest BCUT2D eigenvalue weighted by molar-refractivity contribution is -0.135. The standard InChI is InChI=1S/C31H38N4O4/c1-22-21-39-28-10-5-4-8-24(28)9-6-7-15-31(30(37)32-22)16-18-35(19-17-31)29(36)26-20-27(34(2)33-26)23-11-13-25(38-3)14-12-23/h4-5,8,10-14,20,22H,6-7,9,15-19,21H2,1-3H3,(H,32,37)/t22-/m0/s1. The zero-order chi connectivity index (χ0) is 27.4. The number of fused-ring (bicyclic) bond motifs is 1. The normalized spacial score (nSPS) is 19.7. The summed E-state index contributed by atoms with van der Waals surface area (Å²) in [7, 11) is 3.48. The summed E-state index contributed by atoms with van der Waals surface area (Å²) in [6, 6.07) is 17.6. The molecule has 206 valence electrons. The molecule has 3 heterocycles. The van der Waals surface area contributed by atoms with E-state index in [0.717, 1.165) is 48.4 Å². The smallest absolute Gasteiger partial charge is 0.274 e. The lowest BCUT2D eigenvalue weighted by Gasteiger charge is -2.41. The molecule has 3 aromatic rings. The monoisotopic (exact) mass is 530 g/mol. The van der Waals surface area contributed by atoms with Crippen LogP contribution in [0.4, 0.5) is 0 Å². The number of aryl methyl sites for hydroxylation is 2. The molecule has 1 aromatic heterocycles. The Morgan fingerprint density at radius 2 is 1.82 bits per heavy atom. The van der Waals surface area contributed by atoms with Gasteiger partial charge in [-0.1, -0.05) is 24.6 Å². The Hall–Kier alpha value is -3.81. The molecule has 2 aromatic carbocycles. The first-order chi connectivity index (χ1) is 18.9. The molecule has 0 saturated carbocycles. The minimum atomic E-state index is -0.470. The number of benzene rings is 2. The third-order valence-electron chi connectivity index (χ3n) is 8.16. The molecule has 8 heteroatoms. The van der Waals surface area contributed by atoms with Crippen molar-refractivity contribution in [3.63, 3.8) is 0 Å². The van der Waals surface area contributed by atoms with Crippen LogP contribution in [0.2, 0.25) is 0 Å². The minimum absolute atomic E-state index is 0.0826. The number of hydrogen-bond acceptors (Lipinski definition) is 5. The number of piperidine rings is 1. The Labute approximate surface area is 230 Å². The molecule has 2 amide bonds. The van der Waals surface area contributed by atoms with E-state index in [-0.39, 0.29) is 17.9 Å². The van der Waals surface area contributed by atoms with Gasteiger partial charge in [-0.2, -0.15) is 5.10 Å². The zero-order valence-electron chi connectivity index (χ0n) is 23.1. The first-order valence-corrected chi connectivity index (χ1v) is 13.9. The van der Waals surface area contributed by atoms with Crippen molar-refractivity contribution in [3.8, 4) is 22.8 Å². The van der Waals surface area contributed by atoms with Crippen LogP contribution in [0.3, 0.4) is 0 Å². The highest BCUT2D eigenvalue weighted by atomic mass is 16.5. The fraction of sp³-hybridized carbons (Fsp3) is 0.452. The van der Waals surface area contributed by atoms with Crippen molar-refractivity contribution in [2.24, 2.45) is 12.5 Å². The quantitative estimate of drug-likeness (QED) is 0.534. The van der Waals surface area contributed by atoms with Gasteiger partial charge in [0, 0.05) is 25.7 Å². The Kier molecular flexibility index (Phi) is 7.91. The van der Waals surface area contributed by atoms with Crippen molar-refractivity contribution < 1.29 is 19.1 Å². The maximum absolute atomic E-state index is 13.6. The van der Waals surface area contributed by atoms with E-state index in [1.54, 1.807) is 11.8 Å². The van der Waals surface area contributed by atoms with Crippen LogP contribution in [0.25, 0.3) is 11.3 Å². The minimum Gasteiger partial charge on any atom is -0.497 e. The van der Waals surface area contributed by atoms with Crippen LogP contribution in [-0.2, 0) is 18.3 Å². The molecule has 5 rings (SSSR count). The van der Waals surface area contributed by atoms with Gasteiger partial charge in [0.25, 0.3) is 5.91 Å². The van der Waals surface area contributed by atoms with Crippen LogP contribution in [0.15, 0.2) is 54.6 Å². The number of amides is 2. The number of methoxy groups -OCH3 is 1. The Morgan fingerprint density at radius 1 is 1.08 bits per heavy atom. The third kappa shape index (κ3) is 5.79. The number of ether oxygens (including phenoxy) is 2. The van der Waals surface area contributed by atoms with Gasteiger partial charge in [-0.15, -0.1) is 0 Å². The number of aromatic nitrogens is 2. The zero-order valence-corrected chi connectivity index (χ0v) is 23.1. The van der Waals surface area contributed by atoms with Crippen molar-refractivity contribution >= 4 is 11.8 Å². The van der Waals surface area contributed by atoms with E-state index in [9.17, 15) is 9.59 Å². The summed E-state index contributed by atoms with van der Waals surface area (Å²) in [6.45, 7) is 3.49. The molecule has 8 nitrogen and oxygen atoms in total. The van der Waals surface area contributed by atoms with Crippen molar-refractivity contribution in [3.05, 3.63) is 65.9 Å². The summed E-state index contributed by atoms with van der Waals surface area (Å²) in [5.41, 5.74) is 3.00. The molecule has 2 aliphatic heterocycles. The fourth-order valence-corrected chi connectivity index (χ4v) is 5.76. The fourth-order valence-electron chi connectivity index (χ4n) is 5.76. The number of nitrogens with one attached hydrogen (secondary N) is 1. The molecule has 1 fully saturated rings. The Balaban J connectivity index is 1.26. The van der Waals surface area contributed by atoms with Crippen LogP contribution in [-0.4, -0.2) is 59.3 Å². The molecular formula is C31H38N4O4. The number of nitrogens with zero attached hydrogens (tertiary/aromatic N) is 3. The summed E-state index contributed by atoms with van der Waals surface area (Å²) in [5.74, 6) is 1.68. The van der Waals surface area contributed by atoms with Gasteiger partial charge in [-0.05, 0) is 81.0 Å². The van der Waals surface area contributed by atoms with Crippen LogP contribution >= 0.6 is 0 Å². The van der Waals surface area contributed by atoms with Gasteiger partial charge in [-0.25, -0.2) is 0 Å². The average molecular weight is 531 g/mol. The van der Waals surface area contributed by atoms with Gasteiger partial charge in [0.1, 0.15) is 18.1 Å². The molecule has 1 spiro atoms. The van der Waals surface area contributed by atoms with Gasteiger partial charge >= 0.3 is 0 Å². The van der Waals surface area contributed by atoms with Crippen molar-refractivity contribution in [1.82, 2.24) is 20.0 Å². The lowest BCUT2D eigenvalue weighted by atomic mass is 9.73. The molecule has 39 heavy (non-hydrogen) atoms. The van der Waals surface area contributed by atoms with Gasteiger partial charge in [0.15, 0.2) is 5.69 Å². The summed E-state index contributed by atoms with van der Waals surface area (Å²) < 4.78 is 13.1. The Bertz CT molecular complexity index is 1310. The molecule has 1 saturated heterocycles. The maximum atomic E-state index is 13.6. The van der Waals surface area contributed by atoms with Crippen molar-refractivity contribution in [2.45, 2.75) is 51.5 Å². The molecule has 1 atom stereocenters. The van der Waals surface area contributed by atoms with E-state index in [4.69, 9.17) is 9.47 Å². The molecule has 0 bridgehead atoms. The van der Waals surface area contributed by atoms with Gasteiger partial charge in [0.2, 0.25) is 5.91 Å². The summed E-state index contributed by atoms with van der Waals surface area (Å²) in [4.78, 5) is 28.8. The SMILES string of the molecule is COc1ccc(-c2cc(C(=O)N3CCC4(CCCCc5ccccc5OC[C@H](C)NC4=O)CC3)nn2C)cc1.